The molecule has 20 heavy (non-hydrogen) atoms. The third-order valence-corrected chi connectivity index (χ3v) is 3.88. The molecule has 2 unspecified atom stereocenters. The van der Waals surface area contributed by atoms with Crippen LogP contribution in [0.4, 0.5) is 13.2 Å². The Balaban J connectivity index is 2.73. The molecule has 0 radical (unpaired) electrons. The van der Waals surface area contributed by atoms with Gasteiger partial charge in [0.05, 0.1) is 16.7 Å². The van der Waals surface area contributed by atoms with Crippen LogP contribution in [0, 0.1) is 0 Å². The van der Waals surface area contributed by atoms with E-state index in [-0.39, 0.29) is 0 Å². The molecule has 0 fully saturated rings. The van der Waals surface area contributed by atoms with E-state index in [2.05, 4.69) is 0 Å². The van der Waals surface area contributed by atoms with Crippen LogP contribution in [0.5, 0.6) is 0 Å². The van der Waals surface area contributed by atoms with Crippen LogP contribution < -0.4 is 5.32 Å². The fourth-order valence-corrected chi connectivity index (χ4v) is 2.53. The van der Waals surface area contributed by atoms with Crippen LogP contribution in [0.25, 0.3) is 0 Å². The van der Waals surface area contributed by atoms with Crippen molar-refractivity contribution in [1.29, 1.82) is 0 Å². The topological polar surface area (TPSA) is 66.4 Å². The minimum absolute atomic E-state index is 0.435. The highest BCUT2D eigenvalue weighted by Gasteiger charge is 2.37. The van der Waals surface area contributed by atoms with Gasteiger partial charge in [-0.25, -0.2) is 4.79 Å². The van der Waals surface area contributed by atoms with E-state index in [0.717, 1.165) is 11.3 Å². The average Bonchev–Trinajstić information content (AvgIpc) is 2.72. The van der Waals surface area contributed by atoms with Gasteiger partial charge in [0, 0.05) is 4.88 Å². The van der Waals surface area contributed by atoms with Gasteiger partial charge in [-0.05, 0) is 19.1 Å². The Morgan fingerprint density at radius 1 is 1.45 bits per heavy atom. The maximum Gasteiger partial charge on any atom is 0.391 e. The molecule has 0 aliphatic carbocycles. The molecule has 0 spiro atoms. The number of hydrogen-bond acceptors (Lipinski definition) is 3. The van der Waals surface area contributed by atoms with Gasteiger partial charge >= 0.3 is 12.1 Å². The number of carbonyl (C=O) groups excluding carboxylic acids is 1. The maximum absolute atomic E-state index is 12.2. The Labute approximate surface area is 121 Å². The van der Waals surface area contributed by atoms with Crippen molar-refractivity contribution in [2.45, 2.75) is 31.5 Å². The predicted octanol–water partition coefficient (Wildman–Crippen LogP) is 3.03. The van der Waals surface area contributed by atoms with Crippen LogP contribution in [0.15, 0.2) is 12.1 Å². The molecule has 0 aromatic carbocycles. The number of alkyl halides is 3. The van der Waals surface area contributed by atoms with Crippen molar-refractivity contribution in [3.63, 3.8) is 0 Å². The summed E-state index contributed by atoms with van der Waals surface area (Å²) in [7, 11) is 0. The van der Waals surface area contributed by atoms with Crippen molar-refractivity contribution in [1.82, 2.24) is 5.32 Å². The van der Waals surface area contributed by atoms with Crippen LogP contribution >= 0.6 is 22.9 Å². The van der Waals surface area contributed by atoms with Gasteiger partial charge < -0.3 is 10.4 Å². The summed E-state index contributed by atoms with van der Waals surface area (Å²) < 4.78 is 37.1. The normalized spacial score (nSPS) is 14.7. The molecule has 0 saturated carbocycles. The smallest absolute Gasteiger partial charge is 0.391 e. The SMILES string of the molecule is CC(C(=O)NC(CC(F)(F)F)C(=O)O)c1ccc(Cl)s1. The molecule has 1 heterocycles. The van der Waals surface area contributed by atoms with E-state index in [1.165, 1.54) is 6.92 Å². The number of halogens is 4. The lowest BCUT2D eigenvalue weighted by Gasteiger charge is -2.18. The van der Waals surface area contributed by atoms with E-state index < -0.39 is 36.4 Å². The zero-order chi connectivity index (χ0) is 15.5. The highest BCUT2D eigenvalue weighted by atomic mass is 35.5. The lowest BCUT2D eigenvalue weighted by molar-refractivity contribution is -0.160. The highest BCUT2D eigenvalue weighted by Crippen LogP contribution is 2.28. The van der Waals surface area contributed by atoms with E-state index in [0.29, 0.717) is 9.21 Å². The second kappa shape index (κ2) is 6.45. The Morgan fingerprint density at radius 3 is 2.45 bits per heavy atom. The zero-order valence-electron chi connectivity index (χ0n) is 10.2. The van der Waals surface area contributed by atoms with Gasteiger partial charge in [-0.1, -0.05) is 11.6 Å². The molecular formula is C11H11ClF3NO3S. The molecule has 9 heteroatoms. The highest BCUT2D eigenvalue weighted by molar-refractivity contribution is 7.16. The molecule has 0 aliphatic heterocycles. The second-order valence-corrected chi connectivity index (χ2v) is 5.83. The lowest BCUT2D eigenvalue weighted by atomic mass is 10.1. The summed E-state index contributed by atoms with van der Waals surface area (Å²) in [6, 6.07) is 1.12. The third-order valence-electron chi connectivity index (χ3n) is 2.46. The molecule has 1 aromatic heterocycles. The van der Waals surface area contributed by atoms with Gasteiger partial charge in [-0.2, -0.15) is 13.2 Å². The van der Waals surface area contributed by atoms with Crippen LogP contribution in [0.2, 0.25) is 4.34 Å². The summed E-state index contributed by atoms with van der Waals surface area (Å²) in [5.74, 6) is -3.30. The van der Waals surface area contributed by atoms with Crippen molar-refractivity contribution in [3.05, 3.63) is 21.3 Å². The minimum atomic E-state index is -4.67. The fraction of sp³-hybridized carbons (Fsp3) is 0.455. The van der Waals surface area contributed by atoms with Gasteiger partial charge in [-0.3, -0.25) is 4.79 Å². The Morgan fingerprint density at radius 2 is 2.05 bits per heavy atom. The van der Waals surface area contributed by atoms with Gasteiger partial charge in [0.25, 0.3) is 0 Å². The molecule has 1 rings (SSSR count). The number of carboxylic acid groups (broad SMARTS) is 1. The van der Waals surface area contributed by atoms with Crippen LogP contribution in [-0.4, -0.2) is 29.2 Å². The summed E-state index contributed by atoms with van der Waals surface area (Å²) >= 11 is 6.80. The molecule has 2 atom stereocenters. The number of hydrogen-bond donors (Lipinski definition) is 2. The molecule has 112 valence electrons. The molecule has 4 nitrogen and oxygen atoms in total. The van der Waals surface area contributed by atoms with Crippen molar-refractivity contribution in [3.8, 4) is 0 Å². The van der Waals surface area contributed by atoms with Crippen LogP contribution in [0.1, 0.15) is 24.1 Å². The summed E-state index contributed by atoms with van der Waals surface area (Å²) in [6.07, 6.45) is -6.29. The van der Waals surface area contributed by atoms with Gasteiger partial charge in [0.2, 0.25) is 5.91 Å². The van der Waals surface area contributed by atoms with Crippen LogP contribution in [-0.2, 0) is 9.59 Å². The first-order valence-corrected chi connectivity index (χ1v) is 6.65. The molecule has 0 aliphatic rings. The largest absolute Gasteiger partial charge is 0.480 e. The van der Waals surface area contributed by atoms with E-state index in [9.17, 15) is 22.8 Å². The fourth-order valence-electron chi connectivity index (χ4n) is 1.42. The number of carboxylic acids is 1. The van der Waals surface area contributed by atoms with E-state index >= 15 is 0 Å². The molecule has 0 bridgehead atoms. The van der Waals surface area contributed by atoms with E-state index in [4.69, 9.17) is 16.7 Å². The quantitative estimate of drug-likeness (QED) is 0.872. The Kier molecular flexibility index (Phi) is 5.41. The zero-order valence-corrected chi connectivity index (χ0v) is 11.8. The van der Waals surface area contributed by atoms with Crippen molar-refractivity contribution < 1.29 is 27.9 Å². The standard InChI is InChI=1S/C11H11ClF3NO3S/c1-5(7-2-3-8(12)20-7)9(17)16-6(10(18)19)4-11(13,14)15/h2-3,5-6H,4H2,1H3,(H,16,17)(H,18,19). The number of aliphatic carboxylic acids is 1. The summed E-state index contributed by atoms with van der Waals surface area (Å²) in [5.41, 5.74) is 0. The third kappa shape index (κ3) is 5.01. The molecule has 2 N–H and O–H groups in total. The minimum Gasteiger partial charge on any atom is -0.480 e. The number of rotatable bonds is 5. The van der Waals surface area contributed by atoms with E-state index in [1.807, 2.05) is 5.32 Å². The van der Waals surface area contributed by atoms with Crippen molar-refractivity contribution >= 4 is 34.8 Å². The van der Waals surface area contributed by atoms with Gasteiger partial charge in [0.1, 0.15) is 6.04 Å². The van der Waals surface area contributed by atoms with Crippen molar-refractivity contribution in [2.75, 3.05) is 0 Å². The monoisotopic (exact) mass is 329 g/mol. The first kappa shape index (κ1) is 16.8. The number of nitrogens with one attached hydrogen (secondary N) is 1. The first-order chi connectivity index (χ1) is 9.10. The predicted molar refractivity (Wildman–Crippen MR) is 68.0 cm³/mol. The molecular weight excluding hydrogens is 319 g/mol. The summed E-state index contributed by atoms with van der Waals surface area (Å²) in [5, 5.41) is 10.6. The van der Waals surface area contributed by atoms with Crippen molar-refractivity contribution in [2.24, 2.45) is 0 Å². The van der Waals surface area contributed by atoms with E-state index in [1.54, 1.807) is 12.1 Å². The van der Waals surface area contributed by atoms with Gasteiger partial charge in [0.15, 0.2) is 0 Å². The number of carbonyl (C=O) groups is 2. The van der Waals surface area contributed by atoms with Gasteiger partial charge in [-0.15, -0.1) is 11.3 Å². The lowest BCUT2D eigenvalue weighted by Crippen LogP contribution is -2.45. The number of amides is 1. The Bertz CT molecular complexity index is 503. The Hall–Kier alpha value is -1.28. The number of thiophene rings is 1. The maximum atomic E-state index is 12.2. The average molecular weight is 330 g/mol. The molecule has 0 saturated heterocycles. The second-order valence-electron chi connectivity index (χ2n) is 4.08. The summed E-state index contributed by atoms with van der Waals surface area (Å²) in [4.78, 5) is 23.1. The summed E-state index contributed by atoms with van der Waals surface area (Å²) in [6.45, 7) is 1.46. The molecule has 1 amide bonds. The first-order valence-electron chi connectivity index (χ1n) is 5.45. The molecule has 1 aromatic rings. The van der Waals surface area contributed by atoms with Crippen LogP contribution in [0.3, 0.4) is 0 Å².